The Morgan fingerprint density at radius 1 is 1.29 bits per heavy atom. The van der Waals surface area contributed by atoms with Gasteiger partial charge in [0.25, 0.3) is 0 Å². The van der Waals surface area contributed by atoms with Crippen LogP contribution in [0.15, 0.2) is 24.3 Å². The number of benzene rings is 1. The van der Waals surface area contributed by atoms with E-state index in [0.29, 0.717) is 25.4 Å². The van der Waals surface area contributed by atoms with E-state index in [1.807, 2.05) is 0 Å². The normalized spacial score (nSPS) is 15.1. The molecule has 1 saturated heterocycles. The van der Waals surface area contributed by atoms with E-state index in [0.717, 1.165) is 12.2 Å². The second-order valence-corrected chi connectivity index (χ2v) is 4.79. The molecule has 1 aliphatic rings. The van der Waals surface area contributed by atoms with Gasteiger partial charge in [-0.25, -0.2) is 0 Å². The largest absolute Gasteiger partial charge is 0.497 e. The first-order valence-corrected chi connectivity index (χ1v) is 7.00. The first-order valence-electron chi connectivity index (χ1n) is 7.00. The molecular formula is C15H20N2O4. The molecule has 0 saturated carbocycles. The number of amides is 2. The summed E-state index contributed by atoms with van der Waals surface area (Å²) in [7, 11) is 1.60. The van der Waals surface area contributed by atoms with Crippen molar-refractivity contribution in [1.82, 2.24) is 10.2 Å². The monoisotopic (exact) mass is 292 g/mol. The third kappa shape index (κ3) is 4.66. The maximum absolute atomic E-state index is 12.0. The van der Waals surface area contributed by atoms with Crippen LogP contribution in [-0.2, 0) is 9.59 Å². The molecule has 114 valence electrons. The van der Waals surface area contributed by atoms with E-state index in [1.165, 1.54) is 0 Å². The fourth-order valence-electron chi connectivity index (χ4n) is 2.11. The van der Waals surface area contributed by atoms with Crippen LogP contribution in [0.25, 0.3) is 0 Å². The summed E-state index contributed by atoms with van der Waals surface area (Å²) in [5.74, 6) is 1.30. The van der Waals surface area contributed by atoms with Gasteiger partial charge < -0.3 is 19.7 Å². The Hall–Kier alpha value is -2.24. The van der Waals surface area contributed by atoms with Gasteiger partial charge in [-0.1, -0.05) is 0 Å². The molecule has 1 heterocycles. The Labute approximate surface area is 124 Å². The van der Waals surface area contributed by atoms with Gasteiger partial charge in [-0.15, -0.1) is 0 Å². The molecule has 0 spiro atoms. The molecule has 1 aliphatic heterocycles. The summed E-state index contributed by atoms with van der Waals surface area (Å²) in [6.07, 6.45) is 1.05. The second-order valence-electron chi connectivity index (χ2n) is 4.79. The van der Waals surface area contributed by atoms with E-state index < -0.39 is 0 Å². The van der Waals surface area contributed by atoms with Crippen molar-refractivity contribution < 1.29 is 19.1 Å². The standard InChI is InChI=1S/C15H20N2O4/c1-20-12-3-5-13(6-4-12)21-10-7-15(19)17-9-2-8-16-14(18)11-17/h3-6H,2,7-11H2,1H3,(H,16,18). The highest BCUT2D eigenvalue weighted by atomic mass is 16.5. The minimum atomic E-state index is -0.100. The second kappa shape index (κ2) is 7.52. The maximum atomic E-state index is 12.0. The van der Waals surface area contributed by atoms with Crippen molar-refractivity contribution in [3.05, 3.63) is 24.3 Å². The molecule has 1 fully saturated rings. The van der Waals surface area contributed by atoms with Crippen molar-refractivity contribution in [2.24, 2.45) is 0 Å². The van der Waals surface area contributed by atoms with E-state index in [9.17, 15) is 9.59 Å². The number of rotatable bonds is 5. The Bertz CT molecular complexity index is 487. The number of hydrogen-bond donors (Lipinski definition) is 1. The van der Waals surface area contributed by atoms with E-state index in [1.54, 1.807) is 36.3 Å². The van der Waals surface area contributed by atoms with Crippen LogP contribution in [-0.4, -0.2) is 50.1 Å². The molecule has 0 aromatic heterocycles. The Morgan fingerprint density at radius 2 is 2.00 bits per heavy atom. The van der Waals surface area contributed by atoms with Gasteiger partial charge in [-0.3, -0.25) is 9.59 Å². The fraction of sp³-hybridized carbons (Fsp3) is 0.467. The van der Waals surface area contributed by atoms with E-state index in [4.69, 9.17) is 9.47 Å². The molecule has 0 unspecified atom stereocenters. The van der Waals surface area contributed by atoms with Crippen LogP contribution >= 0.6 is 0 Å². The number of hydrogen-bond acceptors (Lipinski definition) is 4. The third-order valence-electron chi connectivity index (χ3n) is 3.26. The van der Waals surface area contributed by atoms with Crippen molar-refractivity contribution in [3.8, 4) is 11.5 Å². The zero-order valence-corrected chi connectivity index (χ0v) is 12.1. The smallest absolute Gasteiger partial charge is 0.239 e. The van der Waals surface area contributed by atoms with Gasteiger partial charge in [0.05, 0.1) is 26.7 Å². The Balaban J connectivity index is 1.76. The number of nitrogens with one attached hydrogen (secondary N) is 1. The van der Waals surface area contributed by atoms with Crippen molar-refractivity contribution in [3.63, 3.8) is 0 Å². The quantitative estimate of drug-likeness (QED) is 0.872. The number of carbonyl (C=O) groups excluding carboxylic acids is 2. The molecule has 1 aromatic rings. The Morgan fingerprint density at radius 3 is 2.71 bits per heavy atom. The number of nitrogens with zero attached hydrogens (tertiary/aromatic N) is 1. The van der Waals surface area contributed by atoms with Crippen LogP contribution in [0.2, 0.25) is 0 Å². The fourth-order valence-corrected chi connectivity index (χ4v) is 2.11. The molecule has 0 bridgehead atoms. The summed E-state index contributed by atoms with van der Waals surface area (Å²) in [6, 6.07) is 7.19. The van der Waals surface area contributed by atoms with Crippen LogP contribution in [0.1, 0.15) is 12.8 Å². The third-order valence-corrected chi connectivity index (χ3v) is 3.26. The van der Waals surface area contributed by atoms with Crippen molar-refractivity contribution in [1.29, 1.82) is 0 Å². The van der Waals surface area contributed by atoms with E-state index >= 15 is 0 Å². The summed E-state index contributed by atoms with van der Waals surface area (Å²) in [5.41, 5.74) is 0. The van der Waals surface area contributed by atoms with Gasteiger partial charge >= 0.3 is 0 Å². The Kier molecular flexibility index (Phi) is 5.43. The summed E-state index contributed by atoms with van der Waals surface area (Å²) in [4.78, 5) is 25.0. The lowest BCUT2D eigenvalue weighted by Crippen LogP contribution is -2.37. The zero-order valence-electron chi connectivity index (χ0n) is 12.1. The van der Waals surface area contributed by atoms with Crippen LogP contribution < -0.4 is 14.8 Å². The average Bonchev–Trinajstić information content (AvgIpc) is 2.72. The summed E-state index contributed by atoms with van der Waals surface area (Å²) in [6.45, 7) is 1.68. The lowest BCUT2D eigenvalue weighted by molar-refractivity contribution is -0.135. The van der Waals surface area contributed by atoms with Crippen molar-refractivity contribution >= 4 is 11.8 Å². The summed E-state index contributed by atoms with van der Waals surface area (Å²) < 4.78 is 10.6. The predicted octanol–water partition coefficient (Wildman–Crippen LogP) is 0.813. The van der Waals surface area contributed by atoms with Gasteiger partial charge in [0.1, 0.15) is 11.5 Å². The summed E-state index contributed by atoms with van der Waals surface area (Å²) >= 11 is 0. The molecule has 0 radical (unpaired) electrons. The minimum Gasteiger partial charge on any atom is -0.497 e. The van der Waals surface area contributed by atoms with Gasteiger partial charge in [0.2, 0.25) is 11.8 Å². The highest BCUT2D eigenvalue weighted by Gasteiger charge is 2.19. The highest BCUT2D eigenvalue weighted by Crippen LogP contribution is 2.17. The zero-order chi connectivity index (χ0) is 15.1. The molecule has 2 rings (SSSR count). The van der Waals surface area contributed by atoms with Crippen LogP contribution in [0.4, 0.5) is 0 Å². The molecule has 6 nitrogen and oxygen atoms in total. The van der Waals surface area contributed by atoms with Gasteiger partial charge in [-0.05, 0) is 30.7 Å². The number of ether oxygens (including phenoxy) is 2. The van der Waals surface area contributed by atoms with Crippen LogP contribution in [0.5, 0.6) is 11.5 Å². The summed E-state index contributed by atoms with van der Waals surface area (Å²) in [5, 5.41) is 2.75. The molecule has 2 amide bonds. The van der Waals surface area contributed by atoms with E-state index in [2.05, 4.69) is 5.32 Å². The first kappa shape index (κ1) is 15.2. The predicted molar refractivity (Wildman–Crippen MR) is 77.3 cm³/mol. The van der Waals surface area contributed by atoms with Crippen LogP contribution in [0, 0.1) is 0 Å². The molecule has 0 aliphatic carbocycles. The molecule has 1 N–H and O–H groups in total. The van der Waals surface area contributed by atoms with Crippen molar-refractivity contribution in [2.75, 3.05) is 33.4 Å². The SMILES string of the molecule is COc1ccc(OCCC(=O)N2CCCNC(=O)C2)cc1. The van der Waals surface area contributed by atoms with Crippen molar-refractivity contribution in [2.45, 2.75) is 12.8 Å². The van der Waals surface area contributed by atoms with E-state index in [-0.39, 0.29) is 24.8 Å². The molecule has 21 heavy (non-hydrogen) atoms. The van der Waals surface area contributed by atoms with Gasteiger partial charge in [0, 0.05) is 13.1 Å². The number of methoxy groups -OCH3 is 1. The van der Waals surface area contributed by atoms with Gasteiger partial charge in [0.15, 0.2) is 0 Å². The number of carbonyl (C=O) groups is 2. The molecule has 0 atom stereocenters. The minimum absolute atomic E-state index is 0.0550. The van der Waals surface area contributed by atoms with Gasteiger partial charge in [-0.2, -0.15) is 0 Å². The highest BCUT2D eigenvalue weighted by molar-refractivity contribution is 5.85. The molecule has 6 heteroatoms. The molecule has 1 aromatic carbocycles. The maximum Gasteiger partial charge on any atom is 0.239 e. The topological polar surface area (TPSA) is 67.9 Å². The lowest BCUT2D eigenvalue weighted by atomic mass is 10.3. The first-order chi connectivity index (χ1) is 10.2. The average molecular weight is 292 g/mol. The molecular weight excluding hydrogens is 272 g/mol. The van der Waals surface area contributed by atoms with Crippen LogP contribution in [0.3, 0.4) is 0 Å². The lowest BCUT2D eigenvalue weighted by Gasteiger charge is -2.19.